The number of hydrogen-bond donors (Lipinski definition) is 2. The van der Waals surface area contributed by atoms with Gasteiger partial charge >= 0.3 is 0 Å². The van der Waals surface area contributed by atoms with Gasteiger partial charge in [0.2, 0.25) is 0 Å². The number of carbonyl (C=O) groups is 1. The van der Waals surface area contributed by atoms with Gasteiger partial charge in [-0.05, 0) is 40.0 Å². The summed E-state index contributed by atoms with van der Waals surface area (Å²) in [6.07, 6.45) is -0.705. The van der Waals surface area contributed by atoms with E-state index in [4.69, 9.17) is 0 Å². The Balaban J connectivity index is 2.01. The molecule has 0 aliphatic heterocycles. The quantitative estimate of drug-likeness (QED) is 0.902. The summed E-state index contributed by atoms with van der Waals surface area (Å²) < 4.78 is 0.784. The lowest BCUT2D eigenvalue weighted by molar-refractivity contribution is 0.0915. The molecule has 3 nitrogen and oxygen atoms in total. The summed E-state index contributed by atoms with van der Waals surface area (Å²) >= 11 is 3.41. The van der Waals surface area contributed by atoms with Gasteiger partial charge in [-0.25, -0.2) is 0 Å². The van der Waals surface area contributed by atoms with Crippen LogP contribution in [0.4, 0.5) is 0 Å². The van der Waals surface area contributed by atoms with Gasteiger partial charge in [-0.1, -0.05) is 42.5 Å². The van der Waals surface area contributed by atoms with Gasteiger partial charge in [-0.2, -0.15) is 0 Å². The molecule has 0 saturated heterocycles. The van der Waals surface area contributed by atoms with Crippen molar-refractivity contribution in [2.24, 2.45) is 0 Å². The molecule has 0 radical (unpaired) electrons. The summed E-state index contributed by atoms with van der Waals surface area (Å²) in [5.74, 6) is -0.199. The van der Waals surface area contributed by atoms with Gasteiger partial charge in [0.15, 0.2) is 0 Å². The average molecular weight is 334 g/mol. The molecule has 0 aliphatic rings. The third kappa shape index (κ3) is 3.46. The van der Waals surface area contributed by atoms with Crippen molar-refractivity contribution >= 4 is 21.8 Å². The minimum Gasteiger partial charge on any atom is -0.387 e. The Bertz CT molecular complexity index is 599. The van der Waals surface area contributed by atoms with E-state index in [0.717, 1.165) is 15.6 Å². The van der Waals surface area contributed by atoms with Crippen LogP contribution in [0.2, 0.25) is 0 Å². The Labute approximate surface area is 126 Å². The molecule has 2 aromatic rings. The van der Waals surface area contributed by atoms with Gasteiger partial charge < -0.3 is 10.4 Å². The molecule has 0 bridgehead atoms. The maximum atomic E-state index is 12.1. The van der Waals surface area contributed by atoms with Crippen molar-refractivity contribution in [2.45, 2.75) is 13.0 Å². The zero-order valence-electron chi connectivity index (χ0n) is 11.1. The predicted octanol–water partition coefficient (Wildman–Crippen LogP) is 3.22. The second-order valence-electron chi connectivity index (χ2n) is 4.57. The maximum absolute atomic E-state index is 12.1. The van der Waals surface area contributed by atoms with Gasteiger partial charge in [-0.15, -0.1) is 0 Å². The van der Waals surface area contributed by atoms with E-state index in [1.165, 1.54) is 0 Å². The molecule has 0 spiro atoms. The highest BCUT2D eigenvalue weighted by molar-refractivity contribution is 9.10. The number of amides is 1. The lowest BCUT2D eigenvalue weighted by Gasteiger charge is -2.13. The molecular weight excluding hydrogens is 318 g/mol. The number of hydrogen-bond acceptors (Lipinski definition) is 2. The second kappa shape index (κ2) is 6.68. The Morgan fingerprint density at radius 1 is 1.20 bits per heavy atom. The third-order valence-electron chi connectivity index (χ3n) is 3.08. The van der Waals surface area contributed by atoms with Crippen molar-refractivity contribution in [3.05, 3.63) is 69.7 Å². The molecule has 2 aromatic carbocycles. The Morgan fingerprint density at radius 3 is 2.60 bits per heavy atom. The first-order valence-corrected chi connectivity index (χ1v) is 7.15. The summed E-state index contributed by atoms with van der Waals surface area (Å²) in [6.45, 7) is 2.11. The number of halogens is 1. The van der Waals surface area contributed by atoms with Crippen LogP contribution in [0.1, 0.15) is 27.6 Å². The van der Waals surface area contributed by atoms with Crippen molar-refractivity contribution in [1.82, 2.24) is 5.32 Å². The van der Waals surface area contributed by atoms with Gasteiger partial charge in [0.05, 0.1) is 11.7 Å². The highest BCUT2D eigenvalue weighted by atomic mass is 79.9. The number of aryl methyl sites for hydroxylation is 1. The highest BCUT2D eigenvalue weighted by Gasteiger charge is 2.13. The van der Waals surface area contributed by atoms with E-state index in [-0.39, 0.29) is 12.5 Å². The van der Waals surface area contributed by atoms with E-state index in [1.54, 1.807) is 6.07 Å². The van der Waals surface area contributed by atoms with Crippen LogP contribution < -0.4 is 5.32 Å². The van der Waals surface area contributed by atoms with Crippen LogP contribution in [-0.4, -0.2) is 17.6 Å². The fourth-order valence-electron chi connectivity index (χ4n) is 1.90. The standard InChI is InChI=1S/C16H16BrNO2/c1-11-6-5-9-13(15(11)17)16(20)18-10-14(19)12-7-3-2-4-8-12/h2-9,14,19H,10H2,1H3,(H,18,20). The number of benzene rings is 2. The van der Waals surface area contributed by atoms with Gasteiger partial charge in [0.25, 0.3) is 5.91 Å². The van der Waals surface area contributed by atoms with E-state index in [0.29, 0.717) is 5.56 Å². The van der Waals surface area contributed by atoms with E-state index in [9.17, 15) is 9.90 Å². The fourth-order valence-corrected chi connectivity index (χ4v) is 2.34. The van der Waals surface area contributed by atoms with Crippen molar-refractivity contribution < 1.29 is 9.90 Å². The molecule has 4 heteroatoms. The SMILES string of the molecule is Cc1cccc(C(=O)NCC(O)c2ccccc2)c1Br. The van der Waals surface area contributed by atoms with Crippen molar-refractivity contribution in [3.63, 3.8) is 0 Å². The van der Waals surface area contributed by atoms with Crippen LogP contribution in [0.5, 0.6) is 0 Å². The topological polar surface area (TPSA) is 49.3 Å². The number of nitrogens with one attached hydrogen (secondary N) is 1. The smallest absolute Gasteiger partial charge is 0.252 e. The molecule has 0 heterocycles. The molecule has 20 heavy (non-hydrogen) atoms. The largest absolute Gasteiger partial charge is 0.387 e. The van der Waals surface area contributed by atoms with Crippen LogP contribution in [0, 0.1) is 6.92 Å². The molecular formula is C16H16BrNO2. The summed E-state index contributed by atoms with van der Waals surface area (Å²) in [5.41, 5.74) is 2.36. The van der Waals surface area contributed by atoms with Crippen LogP contribution in [-0.2, 0) is 0 Å². The fraction of sp³-hybridized carbons (Fsp3) is 0.188. The van der Waals surface area contributed by atoms with E-state index < -0.39 is 6.10 Å². The van der Waals surface area contributed by atoms with Crippen molar-refractivity contribution in [1.29, 1.82) is 0 Å². The molecule has 104 valence electrons. The minimum atomic E-state index is -0.705. The van der Waals surface area contributed by atoms with Gasteiger partial charge in [0, 0.05) is 11.0 Å². The van der Waals surface area contributed by atoms with E-state index in [2.05, 4.69) is 21.2 Å². The van der Waals surface area contributed by atoms with Gasteiger partial charge in [0.1, 0.15) is 0 Å². The molecule has 1 amide bonds. The number of carbonyl (C=O) groups excluding carboxylic acids is 1. The van der Waals surface area contributed by atoms with Crippen LogP contribution in [0.3, 0.4) is 0 Å². The number of rotatable bonds is 4. The zero-order chi connectivity index (χ0) is 14.5. The maximum Gasteiger partial charge on any atom is 0.252 e. The second-order valence-corrected chi connectivity index (χ2v) is 5.37. The summed E-state index contributed by atoms with van der Waals surface area (Å²) in [4.78, 5) is 12.1. The summed E-state index contributed by atoms with van der Waals surface area (Å²) in [7, 11) is 0. The van der Waals surface area contributed by atoms with Crippen molar-refractivity contribution in [2.75, 3.05) is 6.54 Å². The molecule has 1 atom stereocenters. The summed E-state index contributed by atoms with van der Waals surface area (Å²) in [5, 5.41) is 12.8. The molecule has 0 saturated carbocycles. The molecule has 2 rings (SSSR count). The predicted molar refractivity (Wildman–Crippen MR) is 82.6 cm³/mol. The molecule has 0 fully saturated rings. The van der Waals surface area contributed by atoms with E-state index in [1.807, 2.05) is 49.4 Å². The van der Waals surface area contributed by atoms with Crippen LogP contribution in [0.15, 0.2) is 53.0 Å². The Hall–Kier alpha value is -1.65. The molecule has 0 aromatic heterocycles. The van der Waals surface area contributed by atoms with Crippen LogP contribution >= 0.6 is 15.9 Å². The molecule has 0 aliphatic carbocycles. The lowest BCUT2D eigenvalue weighted by Crippen LogP contribution is -2.28. The normalized spacial score (nSPS) is 11.9. The first-order valence-electron chi connectivity index (χ1n) is 6.36. The zero-order valence-corrected chi connectivity index (χ0v) is 12.7. The highest BCUT2D eigenvalue weighted by Crippen LogP contribution is 2.21. The molecule has 2 N–H and O–H groups in total. The Kier molecular flexibility index (Phi) is 4.93. The van der Waals surface area contributed by atoms with Crippen LogP contribution in [0.25, 0.3) is 0 Å². The first kappa shape index (κ1) is 14.8. The number of aliphatic hydroxyl groups excluding tert-OH is 1. The lowest BCUT2D eigenvalue weighted by atomic mass is 10.1. The summed E-state index contributed by atoms with van der Waals surface area (Å²) in [6, 6.07) is 14.8. The van der Waals surface area contributed by atoms with Crippen molar-refractivity contribution in [3.8, 4) is 0 Å². The van der Waals surface area contributed by atoms with E-state index >= 15 is 0 Å². The first-order chi connectivity index (χ1) is 9.59. The third-order valence-corrected chi connectivity index (χ3v) is 4.13. The average Bonchev–Trinajstić information content (AvgIpc) is 2.48. The van der Waals surface area contributed by atoms with Gasteiger partial charge in [-0.3, -0.25) is 4.79 Å². The Morgan fingerprint density at radius 2 is 1.90 bits per heavy atom. The molecule has 1 unspecified atom stereocenters. The number of aliphatic hydroxyl groups is 1. The monoisotopic (exact) mass is 333 g/mol. The minimum absolute atomic E-state index is 0.184.